The Hall–Kier alpha value is -3.42. The molecule has 2 aromatic rings. The summed E-state index contributed by atoms with van der Waals surface area (Å²) in [5.41, 5.74) is 2.59. The molecule has 2 heterocycles. The highest BCUT2D eigenvalue weighted by Gasteiger charge is 2.23. The van der Waals surface area contributed by atoms with Crippen molar-refractivity contribution < 1.29 is 9.53 Å². The highest BCUT2D eigenvalue weighted by molar-refractivity contribution is 5.93. The van der Waals surface area contributed by atoms with E-state index in [1.807, 2.05) is 12.1 Å². The van der Waals surface area contributed by atoms with Crippen LogP contribution in [-0.2, 0) is 4.74 Å². The molecule has 1 saturated heterocycles. The van der Waals surface area contributed by atoms with Crippen molar-refractivity contribution in [2.75, 3.05) is 27.3 Å². The molecule has 0 spiro atoms. The van der Waals surface area contributed by atoms with Gasteiger partial charge >= 0.3 is 0 Å². The van der Waals surface area contributed by atoms with Crippen LogP contribution in [0.2, 0.25) is 0 Å². The third kappa shape index (κ3) is 5.53. The Morgan fingerprint density at radius 2 is 2.00 bits per heavy atom. The zero-order valence-corrected chi connectivity index (χ0v) is 15.3. The first-order valence-electron chi connectivity index (χ1n) is 8.43. The first kappa shape index (κ1) is 19.9. The van der Waals surface area contributed by atoms with Crippen LogP contribution in [0.1, 0.15) is 22.5 Å². The molecule has 1 atom stereocenters. The maximum Gasteiger partial charge on any atom is 0.270 e. The summed E-state index contributed by atoms with van der Waals surface area (Å²) in [7, 11) is 3.25. The number of amides is 1. The largest absolute Gasteiger partial charge is 0.388 e. The van der Waals surface area contributed by atoms with E-state index < -0.39 is 0 Å². The first-order valence-corrected chi connectivity index (χ1v) is 8.43. The summed E-state index contributed by atoms with van der Waals surface area (Å²) >= 11 is 0. The van der Waals surface area contributed by atoms with Gasteiger partial charge in [0.2, 0.25) is 0 Å². The third-order valence-corrected chi connectivity index (χ3v) is 3.98. The number of benzene rings is 1. The molecule has 1 aliphatic heterocycles. The van der Waals surface area contributed by atoms with Crippen LogP contribution in [0.3, 0.4) is 0 Å². The Kier molecular flexibility index (Phi) is 7.30. The van der Waals surface area contributed by atoms with Crippen LogP contribution >= 0.6 is 0 Å². The Balaban J connectivity index is 0.000000817. The van der Waals surface area contributed by atoms with Crippen molar-refractivity contribution in [2.24, 2.45) is 0 Å². The van der Waals surface area contributed by atoms with Gasteiger partial charge < -0.3 is 15.0 Å². The average Bonchev–Trinajstić information content (AvgIpc) is 3.16. The second-order valence-corrected chi connectivity index (χ2v) is 6.04. The molecule has 1 unspecified atom stereocenters. The normalized spacial score (nSPS) is 15.1. The molecule has 1 amide bonds. The number of hydrogen-bond acceptors (Lipinski definition) is 6. The predicted octanol–water partition coefficient (Wildman–Crippen LogP) is 2.17. The summed E-state index contributed by atoms with van der Waals surface area (Å²) in [6.45, 7) is 1.20. The van der Waals surface area contributed by atoms with Crippen molar-refractivity contribution in [1.82, 2.24) is 15.2 Å². The molecular formula is C20H21N5O2. The molecule has 138 valence electrons. The Bertz CT molecular complexity index is 869. The van der Waals surface area contributed by atoms with E-state index in [0.717, 1.165) is 17.5 Å². The fourth-order valence-corrected chi connectivity index (χ4v) is 2.73. The standard InChI is InChI=1S/C18H15N5O.C2H6O/c19-10-13-2-1-3-14(8-13)15-4-6-21-17(9-15)18(24)22-16-5-7-23(11-16)12-20;1-3-2/h1-4,6,8-9,16H,5,7,11H2,(H,22,24);1-2H3. The van der Waals surface area contributed by atoms with Crippen LogP contribution in [0.4, 0.5) is 0 Å². The number of nitrogens with zero attached hydrogens (tertiary/aromatic N) is 4. The minimum Gasteiger partial charge on any atom is -0.388 e. The van der Waals surface area contributed by atoms with Crippen molar-refractivity contribution in [2.45, 2.75) is 12.5 Å². The molecule has 1 aliphatic rings. The van der Waals surface area contributed by atoms with Gasteiger partial charge in [-0.15, -0.1) is 0 Å². The van der Waals surface area contributed by atoms with E-state index in [9.17, 15) is 4.79 Å². The number of pyridine rings is 1. The molecule has 0 aliphatic carbocycles. The summed E-state index contributed by atoms with van der Waals surface area (Å²) in [4.78, 5) is 18.1. The molecule has 1 aromatic carbocycles. The second kappa shape index (κ2) is 9.91. The summed E-state index contributed by atoms with van der Waals surface area (Å²) < 4.78 is 4.25. The van der Waals surface area contributed by atoms with Crippen LogP contribution < -0.4 is 5.32 Å². The maximum absolute atomic E-state index is 12.4. The molecule has 0 radical (unpaired) electrons. The zero-order chi connectivity index (χ0) is 19.6. The van der Waals surface area contributed by atoms with Gasteiger partial charge in [-0.1, -0.05) is 12.1 Å². The van der Waals surface area contributed by atoms with Crippen molar-refractivity contribution in [1.29, 1.82) is 10.5 Å². The van der Waals surface area contributed by atoms with Crippen molar-refractivity contribution >= 4 is 5.91 Å². The number of likely N-dealkylation sites (tertiary alicyclic amines) is 1. The lowest BCUT2D eigenvalue weighted by atomic mass is 10.0. The number of methoxy groups -OCH3 is 1. The number of nitriles is 2. The monoisotopic (exact) mass is 363 g/mol. The molecule has 0 saturated carbocycles. The van der Waals surface area contributed by atoms with E-state index in [2.05, 4.69) is 27.3 Å². The third-order valence-electron chi connectivity index (χ3n) is 3.98. The SMILES string of the molecule is COC.N#Cc1cccc(-c2ccnc(C(=O)NC3CCN(C#N)C3)c2)c1. The van der Waals surface area contributed by atoms with E-state index in [1.54, 1.807) is 49.6 Å². The lowest BCUT2D eigenvalue weighted by molar-refractivity contribution is 0.0934. The van der Waals surface area contributed by atoms with Crippen LogP contribution in [0.15, 0.2) is 42.6 Å². The van der Waals surface area contributed by atoms with E-state index in [0.29, 0.717) is 24.3 Å². The highest BCUT2D eigenvalue weighted by Crippen LogP contribution is 2.20. The number of aromatic nitrogens is 1. The number of nitrogens with one attached hydrogen (secondary N) is 1. The zero-order valence-electron chi connectivity index (χ0n) is 15.3. The van der Waals surface area contributed by atoms with E-state index in [-0.39, 0.29) is 11.9 Å². The van der Waals surface area contributed by atoms with Crippen LogP contribution in [-0.4, -0.2) is 49.1 Å². The van der Waals surface area contributed by atoms with E-state index in [4.69, 9.17) is 10.5 Å². The van der Waals surface area contributed by atoms with Gasteiger partial charge in [0.1, 0.15) is 5.69 Å². The number of hydrogen-bond donors (Lipinski definition) is 1. The summed E-state index contributed by atoms with van der Waals surface area (Å²) in [6, 6.07) is 12.8. The maximum atomic E-state index is 12.4. The lowest BCUT2D eigenvalue weighted by Crippen LogP contribution is -2.36. The fraction of sp³-hybridized carbons (Fsp3) is 0.300. The van der Waals surface area contributed by atoms with Gasteiger partial charge in [0.15, 0.2) is 6.19 Å². The molecule has 7 nitrogen and oxygen atoms in total. The molecule has 1 N–H and O–H groups in total. The van der Waals surface area contributed by atoms with Gasteiger partial charge in [0, 0.05) is 39.5 Å². The number of carbonyl (C=O) groups excluding carboxylic acids is 1. The average molecular weight is 363 g/mol. The summed E-state index contributed by atoms with van der Waals surface area (Å²) in [5, 5.41) is 20.8. The highest BCUT2D eigenvalue weighted by atomic mass is 16.4. The predicted molar refractivity (Wildman–Crippen MR) is 100 cm³/mol. The smallest absolute Gasteiger partial charge is 0.270 e. The van der Waals surface area contributed by atoms with Crippen molar-refractivity contribution in [3.8, 4) is 23.4 Å². The molecular weight excluding hydrogens is 342 g/mol. The molecule has 27 heavy (non-hydrogen) atoms. The Morgan fingerprint density at radius 1 is 1.26 bits per heavy atom. The molecule has 1 fully saturated rings. The van der Waals surface area contributed by atoms with Gasteiger partial charge in [-0.2, -0.15) is 10.5 Å². The summed E-state index contributed by atoms with van der Waals surface area (Å²) in [6.07, 6.45) is 4.42. The van der Waals surface area contributed by atoms with Gasteiger partial charge in [-0.05, 0) is 41.8 Å². The van der Waals surface area contributed by atoms with Gasteiger partial charge in [-0.3, -0.25) is 9.78 Å². The van der Waals surface area contributed by atoms with Gasteiger partial charge in [0.05, 0.1) is 11.6 Å². The van der Waals surface area contributed by atoms with Gasteiger partial charge in [-0.25, -0.2) is 0 Å². The number of ether oxygens (including phenoxy) is 1. The number of rotatable bonds is 3. The second-order valence-electron chi connectivity index (χ2n) is 6.04. The fourth-order valence-electron chi connectivity index (χ4n) is 2.73. The van der Waals surface area contributed by atoms with Crippen molar-refractivity contribution in [3.63, 3.8) is 0 Å². The van der Waals surface area contributed by atoms with Crippen LogP contribution in [0, 0.1) is 22.8 Å². The Labute approximate surface area is 158 Å². The minimum atomic E-state index is -0.252. The van der Waals surface area contributed by atoms with E-state index in [1.165, 1.54) is 0 Å². The molecule has 7 heteroatoms. The molecule has 3 rings (SSSR count). The van der Waals surface area contributed by atoms with E-state index >= 15 is 0 Å². The Morgan fingerprint density at radius 3 is 2.67 bits per heavy atom. The van der Waals surface area contributed by atoms with Gasteiger partial charge in [0.25, 0.3) is 5.91 Å². The topological polar surface area (TPSA) is 102 Å². The van der Waals surface area contributed by atoms with Crippen LogP contribution in [0.25, 0.3) is 11.1 Å². The summed E-state index contributed by atoms with van der Waals surface area (Å²) in [5.74, 6) is -0.252. The first-order chi connectivity index (χ1) is 13.1. The number of carbonyl (C=O) groups is 1. The molecule has 1 aromatic heterocycles. The molecule has 0 bridgehead atoms. The lowest BCUT2D eigenvalue weighted by Gasteiger charge is -2.12. The minimum absolute atomic E-state index is 0.0375. The van der Waals surface area contributed by atoms with Crippen LogP contribution in [0.5, 0.6) is 0 Å². The quantitative estimate of drug-likeness (QED) is 0.839. The van der Waals surface area contributed by atoms with Crippen molar-refractivity contribution in [3.05, 3.63) is 53.9 Å².